The van der Waals surface area contributed by atoms with Gasteiger partial charge in [-0.15, -0.1) is 0 Å². The van der Waals surface area contributed by atoms with E-state index in [1.165, 1.54) is 12.1 Å². The minimum atomic E-state index is -0.212. The lowest BCUT2D eigenvalue weighted by Crippen LogP contribution is -1.98. The second kappa shape index (κ2) is 5.33. The Morgan fingerprint density at radius 2 is 1.75 bits per heavy atom. The van der Waals surface area contributed by atoms with Crippen LogP contribution < -0.4 is 4.74 Å². The zero-order chi connectivity index (χ0) is 13.9. The van der Waals surface area contributed by atoms with Crippen molar-refractivity contribution >= 4 is 10.8 Å². The van der Waals surface area contributed by atoms with Gasteiger partial charge in [-0.05, 0) is 41.6 Å². The molecular formula is C18H15FO. The van der Waals surface area contributed by atoms with Gasteiger partial charge in [-0.25, -0.2) is 4.39 Å². The van der Waals surface area contributed by atoms with E-state index in [9.17, 15) is 4.39 Å². The molecule has 1 nitrogen and oxygen atoms in total. The van der Waals surface area contributed by atoms with Gasteiger partial charge in [-0.1, -0.05) is 42.5 Å². The van der Waals surface area contributed by atoms with Crippen LogP contribution in [0.5, 0.6) is 5.75 Å². The summed E-state index contributed by atoms with van der Waals surface area (Å²) in [7, 11) is 0. The van der Waals surface area contributed by atoms with Gasteiger partial charge in [-0.2, -0.15) is 0 Å². The third-order valence-corrected chi connectivity index (χ3v) is 3.44. The van der Waals surface area contributed by atoms with Crippen LogP contribution in [0.1, 0.15) is 11.1 Å². The van der Waals surface area contributed by atoms with E-state index in [2.05, 4.69) is 12.1 Å². The molecular weight excluding hydrogens is 251 g/mol. The maximum Gasteiger partial charge on any atom is 0.127 e. The molecule has 0 unspecified atom stereocenters. The first-order chi connectivity index (χ1) is 9.74. The van der Waals surface area contributed by atoms with E-state index < -0.39 is 0 Å². The smallest absolute Gasteiger partial charge is 0.127 e. The summed E-state index contributed by atoms with van der Waals surface area (Å²) >= 11 is 0. The molecule has 0 fully saturated rings. The molecule has 0 N–H and O–H groups in total. The highest BCUT2D eigenvalue weighted by Gasteiger charge is 2.04. The summed E-state index contributed by atoms with van der Waals surface area (Å²) in [5.41, 5.74) is 1.91. The largest absolute Gasteiger partial charge is 0.488 e. The van der Waals surface area contributed by atoms with E-state index >= 15 is 0 Å². The van der Waals surface area contributed by atoms with Crippen LogP contribution >= 0.6 is 0 Å². The number of benzene rings is 3. The maximum atomic E-state index is 13.1. The Balaban J connectivity index is 1.87. The molecule has 0 radical (unpaired) electrons. The number of hydrogen-bond acceptors (Lipinski definition) is 1. The summed E-state index contributed by atoms with van der Waals surface area (Å²) in [6.45, 7) is 2.34. The minimum absolute atomic E-state index is 0.212. The fraction of sp³-hybridized carbons (Fsp3) is 0.111. The fourth-order valence-electron chi connectivity index (χ4n) is 2.30. The number of halogens is 1. The molecule has 20 heavy (non-hydrogen) atoms. The predicted molar refractivity (Wildman–Crippen MR) is 79.4 cm³/mol. The van der Waals surface area contributed by atoms with Crippen LogP contribution in [0.25, 0.3) is 10.8 Å². The summed E-state index contributed by atoms with van der Waals surface area (Å²) < 4.78 is 19.0. The third kappa shape index (κ3) is 2.50. The maximum absolute atomic E-state index is 13.1. The first-order valence-corrected chi connectivity index (χ1v) is 6.59. The topological polar surface area (TPSA) is 9.23 Å². The lowest BCUT2D eigenvalue weighted by atomic mass is 10.1. The molecule has 3 rings (SSSR count). The average molecular weight is 266 g/mol. The van der Waals surface area contributed by atoms with Crippen molar-refractivity contribution in [3.63, 3.8) is 0 Å². The van der Waals surface area contributed by atoms with Gasteiger partial charge in [-0.3, -0.25) is 0 Å². The van der Waals surface area contributed by atoms with E-state index in [1.54, 1.807) is 6.07 Å². The van der Waals surface area contributed by atoms with Gasteiger partial charge < -0.3 is 4.74 Å². The van der Waals surface area contributed by atoms with Crippen molar-refractivity contribution in [3.05, 3.63) is 77.6 Å². The SMILES string of the molecule is Cc1cc(F)ccc1COc1cccc2ccccc12. The molecule has 0 aliphatic carbocycles. The van der Waals surface area contributed by atoms with Crippen LogP contribution in [0.15, 0.2) is 60.7 Å². The molecule has 0 amide bonds. The molecule has 0 saturated carbocycles. The summed E-state index contributed by atoms with van der Waals surface area (Å²) in [5, 5.41) is 2.25. The second-order valence-electron chi connectivity index (χ2n) is 4.84. The van der Waals surface area contributed by atoms with Crippen molar-refractivity contribution in [2.75, 3.05) is 0 Å². The van der Waals surface area contributed by atoms with Crippen molar-refractivity contribution in [2.24, 2.45) is 0 Å². The number of aryl methyl sites for hydroxylation is 1. The van der Waals surface area contributed by atoms with Crippen LogP contribution in [0.3, 0.4) is 0 Å². The van der Waals surface area contributed by atoms with Crippen molar-refractivity contribution in [3.8, 4) is 5.75 Å². The quantitative estimate of drug-likeness (QED) is 0.657. The molecule has 2 heteroatoms. The van der Waals surface area contributed by atoms with Crippen LogP contribution in [0, 0.1) is 12.7 Å². The molecule has 0 bridgehead atoms. The Morgan fingerprint density at radius 3 is 2.60 bits per heavy atom. The van der Waals surface area contributed by atoms with Gasteiger partial charge >= 0.3 is 0 Å². The van der Waals surface area contributed by atoms with Crippen LogP contribution in [-0.4, -0.2) is 0 Å². The molecule has 100 valence electrons. The summed E-state index contributed by atoms with van der Waals surface area (Å²) in [6, 6.07) is 18.9. The fourth-order valence-corrected chi connectivity index (χ4v) is 2.30. The van der Waals surface area contributed by atoms with Crippen LogP contribution in [-0.2, 0) is 6.61 Å². The summed E-state index contributed by atoms with van der Waals surface area (Å²) in [6.07, 6.45) is 0. The minimum Gasteiger partial charge on any atom is -0.488 e. The summed E-state index contributed by atoms with van der Waals surface area (Å²) in [5.74, 6) is 0.642. The van der Waals surface area contributed by atoms with Crippen molar-refractivity contribution < 1.29 is 9.13 Å². The average Bonchev–Trinajstić information content (AvgIpc) is 2.46. The summed E-state index contributed by atoms with van der Waals surface area (Å²) in [4.78, 5) is 0. The van der Waals surface area contributed by atoms with Gasteiger partial charge in [0, 0.05) is 5.39 Å². The third-order valence-electron chi connectivity index (χ3n) is 3.44. The van der Waals surface area contributed by atoms with Gasteiger partial charge in [0.25, 0.3) is 0 Å². The standard InChI is InChI=1S/C18H15FO/c1-13-11-16(19)10-9-15(13)12-20-18-8-4-6-14-5-2-3-7-17(14)18/h2-11H,12H2,1H3. The Morgan fingerprint density at radius 1 is 0.950 bits per heavy atom. The van der Waals surface area contributed by atoms with Crippen molar-refractivity contribution in [2.45, 2.75) is 13.5 Å². The van der Waals surface area contributed by atoms with E-state index in [0.717, 1.165) is 27.6 Å². The second-order valence-corrected chi connectivity index (χ2v) is 4.84. The molecule has 3 aromatic rings. The molecule has 0 aliphatic heterocycles. The van der Waals surface area contributed by atoms with Gasteiger partial charge in [0.1, 0.15) is 18.2 Å². The first-order valence-electron chi connectivity index (χ1n) is 6.59. The van der Waals surface area contributed by atoms with Gasteiger partial charge in [0.15, 0.2) is 0 Å². The first kappa shape index (κ1) is 12.7. The highest BCUT2D eigenvalue weighted by Crippen LogP contribution is 2.26. The zero-order valence-corrected chi connectivity index (χ0v) is 11.3. The Hall–Kier alpha value is -2.35. The molecule has 0 heterocycles. The Kier molecular flexibility index (Phi) is 3.38. The molecule has 0 atom stereocenters. The lowest BCUT2D eigenvalue weighted by molar-refractivity contribution is 0.309. The van der Waals surface area contributed by atoms with E-state index in [-0.39, 0.29) is 5.82 Å². The van der Waals surface area contributed by atoms with Gasteiger partial charge in [0.05, 0.1) is 0 Å². The lowest BCUT2D eigenvalue weighted by Gasteiger charge is -2.11. The normalized spacial score (nSPS) is 10.7. The van der Waals surface area contributed by atoms with E-state index in [0.29, 0.717) is 6.61 Å². The number of rotatable bonds is 3. The zero-order valence-electron chi connectivity index (χ0n) is 11.3. The Bertz CT molecular complexity index is 744. The molecule has 0 aromatic heterocycles. The van der Waals surface area contributed by atoms with Crippen LogP contribution in [0.2, 0.25) is 0 Å². The van der Waals surface area contributed by atoms with Crippen LogP contribution in [0.4, 0.5) is 4.39 Å². The number of ether oxygens (including phenoxy) is 1. The van der Waals surface area contributed by atoms with Gasteiger partial charge in [0.2, 0.25) is 0 Å². The monoisotopic (exact) mass is 266 g/mol. The molecule has 0 spiro atoms. The highest BCUT2D eigenvalue weighted by atomic mass is 19.1. The number of fused-ring (bicyclic) bond motifs is 1. The van der Waals surface area contributed by atoms with Crippen molar-refractivity contribution in [1.82, 2.24) is 0 Å². The Labute approximate surface area is 117 Å². The molecule has 0 aliphatic rings. The van der Waals surface area contributed by atoms with E-state index in [4.69, 9.17) is 4.74 Å². The highest BCUT2D eigenvalue weighted by molar-refractivity contribution is 5.88. The van der Waals surface area contributed by atoms with E-state index in [1.807, 2.05) is 37.3 Å². The predicted octanol–water partition coefficient (Wildman–Crippen LogP) is 4.87. The molecule has 3 aromatic carbocycles. The van der Waals surface area contributed by atoms with Crippen molar-refractivity contribution in [1.29, 1.82) is 0 Å². The molecule has 0 saturated heterocycles. The number of hydrogen-bond donors (Lipinski definition) is 0.